The molecule has 0 saturated heterocycles. The molecule has 1 rings (SSSR count). The van der Waals surface area contributed by atoms with E-state index in [1.807, 2.05) is 5.32 Å². The number of amides is 3. The van der Waals surface area contributed by atoms with Crippen LogP contribution in [0.15, 0.2) is 12.4 Å². The zero-order valence-corrected chi connectivity index (χ0v) is 9.47. The van der Waals surface area contributed by atoms with Crippen molar-refractivity contribution in [2.24, 2.45) is 0 Å². The lowest BCUT2D eigenvalue weighted by Crippen LogP contribution is -2.39. The highest BCUT2D eigenvalue weighted by Gasteiger charge is 2.15. The van der Waals surface area contributed by atoms with E-state index in [0.29, 0.717) is 0 Å². The van der Waals surface area contributed by atoms with Crippen LogP contribution in [0.2, 0.25) is 0 Å². The third-order valence-electron chi connectivity index (χ3n) is 1.73. The molecule has 0 aliphatic carbocycles. The number of rotatable bonds is 3. The average molecular weight is 253 g/mol. The topological polar surface area (TPSA) is 136 Å². The maximum Gasteiger partial charge on any atom is 0.361 e. The predicted molar refractivity (Wildman–Crippen MR) is 59.3 cm³/mol. The lowest BCUT2D eigenvalue weighted by molar-refractivity contribution is -0.123. The van der Waals surface area contributed by atoms with Gasteiger partial charge in [0, 0.05) is 19.4 Å². The number of carbonyl (C=O) groups is 3. The van der Waals surface area contributed by atoms with Gasteiger partial charge in [-0.25, -0.2) is 19.6 Å². The monoisotopic (exact) mass is 253 g/mol. The second-order valence-electron chi connectivity index (χ2n) is 2.99. The van der Waals surface area contributed by atoms with E-state index in [4.69, 9.17) is 5.73 Å². The molecule has 18 heavy (non-hydrogen) atoms. The van der Waals surface area contributed by atoms with E-state index in [2.05, 4.69) is 20.0 Å². The molecule has 0 atom stereocenters. The number of carbonyl (C=O) groups excluding carboxylic acids is 3. The number of nitrogens with two attached hydrogens (primary N) is 1. The van der Waals surface area contributed by atoms with Gasteiger partial charge in [-0.1, -0.05) is 0 Å². The van der Waals surface area contributed by atoms with Crippen LogP contribution in [-0.4, -0.2) is 41.5 Å². The van der Waals surface area contributed by atoms with E-state index >= 15 is 0 Å². The highest BCUT2D eigenvalue weighted by Crippen LogP contribution is 2.04. The van der Waals surface area contributed by atoms with E-state index in [1.54, 1.807) is 0 Å². The standard InChI is InChI=1S/C9H11N5O4/c1-11-9(17)14-5(15)4-18-8(16)6-7(10)13-3-2-12-6/h2-3H,4H2,1H3,(H2,10,13)(H2,11,14,15,17). The maximum absolute atomic E-state index is 11.4. The molecule has 0 spiro atoms. The number of nitrogens with zero attached hydrogens (tertiary/aromatic N) is 2. The molecule has 96 valence electrons. The van der Waals surface area contributed by atoms with Gasteiger partial charge in [0.25, 0.3) is 5.91 Å². The van der Waals surface area contributed by atoms with Crippen molar-refractivity contribution in [1.29, 1.82) is 0 Å². The number of hydrogen-bond acceptors (Lipinski definition) is 7. The Bertz CT molecular complexity index is 476. The van der Waals surface area contributed by atoms with Crippen molar-refractivity contribution in [2.75, 3.05) is 19.4 Å². The minimum atomic E-state index is -0.896. The second kappa shape index (κ2) is 6.13. The van der Waals surface area contributed by atoms with E-state index in [-0.39, 0.29) is 11.5 Å². The van der Waals surface area contributed by atoms with Crippen molar-refractivity contribution in [2.45, 2.75) is 0 Å². The molecule has 1 aromatic heterocycles. The number of urea groups is 1. The van der Waals surface area contributed by atoms with Gasteiger partial charge in [-0.2, -0.15) is 0 Å². The molecule has 9 nitrogen and oxygen atoms in total. The lowest BCUT2D eigenvalue weighted by atomic mass is 10.4. The van der Waals surface area contributed by atoms with Crippen LogP contribution in [0.25, 0.3) is 0 Å². The largest absolute Gasteiger partial charge is 0.451 e. The molecule has 4 N–H and O–H groups in total. The summed E-state index contributed by atoms with van der Waals surface area (Å²) in [5, 5.41) is 4.09. The van der Waals surface area contributed by atoms with Crippen molar-refractivity contribution >= 4 is 23.7 Å². The number of nitrogens with one attached hydrogen (secondary N) is 2. The molecule has 0 unspecified atom stereocenters. The summed E-state index contributed by atoms with van der Waals surface area (Å²) in [6.07, 6.45) is 2.57. The van der Waals surface area contributed by atoms with Crippen molar-refractivity contribution < 1.29 is 19.1 Å². The highest BCUT2D eigenvalue weighted by molar-refractivity contribution is 5.97. The molecule has 9 heteroatoms. The molecule has 0 bridgehead atoms. The van der Waals surface area contributed by atoms with Gasteiger partial charge >= 0.3 is 12.0 Å². The smallest absolute Gasteiger partial charge is 0.361 e. The first-order valence-corrected chi connectivity index (χ1v) is 4.79. The van der Waals surface area contributed by atoms with Crippen molar-refractivity contribution in [1.82, 2.24) is 20.6 Å². The number of nitrogen functional groups attached to an aromatic ring is 1. The van der Waals surface area contributed by atoms with Crippen molar-refractivity contribution in [3.63, 3.8) is 0 Å². The van der Waals surface area contributed by atoms with Gasteiger partial charge in [0.2, 0.25) is 0 Å². The summed E-state index contributed by atoms with van der Waals surface area (Å²) in [5.41, 5.74) is 5.20. The summed E-state index contributed by atoms with van der Waals surface area (Å²) in [6.45, 7) is -0.623. The fourth-order valence-corrected chi connectivity index (χ4v) is 0.931. The molecular weight excluding hydrogens is 242 g/mol. The minimum absolute atomic E-state index is 0.103. The molecular formula is C9H11N5O4. The van der Waals surface area contributed by atoms with E-state index < -0.39 is 24.5 Å². The number of imide groups is 1. The Kier molecular flexibility index (Phi) is 4.55. The van der Waals surface area contributed by atoms with Crippen LogP contribution in [0.3, 0.4) is 0 Å². The summed E-state index contributed by atoms with van der Waals surface area (Å²) in [7, 11) is 1.34. The van der Waals surface area contributed by atoms with Crippen LogP contribution in [0, 0.1) is 0 Å². The molecule has 0 radical (unpaired) electrons. The maximum atomic E-state index is 11.4. The van der Waals surface area contributed by atoms with Crippen LogP contribution >= 0.6 is 0 Å². The van der Waals surface area contributed by atoms with E-state index in [0.717, 1.165) is 0 Å². The van der Waals surface area contributed by atoms with Gasteiger partial charge in [0.1, 0.15) is 0 Å². The fraction of sp³-hybridized carbons (Fsp3) is 0.222. The van der Waals surface area contributed by atoms with Crippen LogP contribution in [0.5, 0.6) is 0 Å². The van der Waals surface area contributed by atoms with Gasteiger partial charge < -0.3 is 15.8 Å². The van der Waals surface area contributed by atoms with Gasteiger partial charge in [0.15, 0.2) is 18.1 Å². The first kappa shape index (κ1) is 13.4. The zero-order chi connectivity index (χ0) is 13.5. The zero-order valence-electron chi connectivity index (χ0n) is 9.47. The quantitative estimate of drug-likeness (QED) is 0.567. The Labute approximate surface area is 102 Å². The molecule has 0 saturated carbocycles. The number of esters is 1. The first-order chi connectivity index (χ1) is 8.54. The highest BCUT2D eigenvalue weighted by atomic mass is 16.5. The van der Waals surface area contributed by atoms with Crippen LogP contribution in [0.1, 0.15) is 10.5 Å². The minimum Gasteiger partial charge on any atom is -0.451 e. The summed E-state index contributed by atoms with van der Waals surface area (Å²) in [4.78, 5) is 40.6. The average Bonchev–Trinajstić information content (AvgIpc) is 2.36. The molecule has 1 heterocycles. The van der Waals surface area contributed by atoms with Crippen molar-refractivity contribution in [3.05, 3.63) is 18.1 Å². The van der Waals surface area contributed by atoms with Crippen LogP contribution in [0.4, 0.5) is 10.6 Å². The SMILES string of the molecule is CNC(=O)NC(=O)COC(=O)c1nccnc1N. The third-order valence-corrected chi connectivity index (χ3v) is 1.73. The number of anilines is 1. The Morgan fingerprint density at radius 1 is 1.33 bits per heavy atom. The Morgan fingerprint density at radius 3 is 2.61 bits per heavy atom. The Balaban J connectivity index is 2.50. The number of aromatic nitrogens is 2. The van der Waals surface area contributed by atoms with Crippen LogP contribution < -0.4 is 16.4 Å². The Hall–Kier alpha value is -2.71. The molecule has 0 aliphatic heterocycles. The summed E-state index contributed by atoms with van der Waals surface area (Å²) in [6, 6.07) is -0.699. The number of ether oxygens (including phenoxy) is 1. The van der Waals surface area contributed by atoms with Gasteiger partial charge in [-0.15, -0.1) is 0 Å². The number of hydrogen-bond donors (Lipinski definition) is 3. The summed E-state index contributed by atoms with van der Waals surface area (Å²) >= 11 is 0. The summed E-state index contributed by atoms with van der Waals surface area (Å²) in [5.74, 6) is -1.77. The van der Waals surface area contributed by atoms with Gasteiger partial charge in [-0.05, 0) is 0 Å². The molecule has 0 fully saturated rings. The summed E-state index contributed by atoms with van der Waals surface area (Å²) < 4.78 is 4.60. The second-order valence-corrected chi connectivity index (χ2v) is 2.99. The van der Waals surface area contributed by atoms with Gasteiger partial charge in [0.05, 0.1) is 0 Å². The Morgan fingerprint density at radius 2 is 2.00 bits per heavy atom. The van der Waals surface area contributed by atoms with E-state index in [1.165, 1.54) is 19.4 Å². The van der Waals surface area contributed by atoms with Crippen molar-refractivity contribution in [3.8, 4) is 0 Å². The third kappa shape index (κ3) is 3.70. The van der Waals surface area contributed by atoms with Crippen LogP contribution in [-0.2, 0) is 9.53 Å². The fourth-order valence-electron chi connectivity index (χ4n) is 0.931. The predicted octanol–water partition coefficient (Wildman–Crippen LogP) is -1.33. The molecule has 1 aromatic rings. The molecule has 0 aliphatic rings. The lowest BCUT2D eigenvalue weighted by Gasteiger charge is -2.05. The van der Waals surface area contributed by atoms with E-state index in [9.17, 15) is 14.4 Å². The van der Waals surface area contributed by atoms with Gasteiger partial charge in [-0.3, -0.25) is 10.1 Å². The molecule has 3 amide bonds. The first-order valence-electron chi connectivity index (χ1n) is 4.79. The molecule has 0 aromatic carbocycles. The normalized spacial score (nSPS) is 9.39.